The van der Waals surface area contributed by atoms with E-state index in [4.69, 9.17) is 9.52 Å². The molecule has 2 rings (SSSR count). The third-order valence-electron chi connectivity index (χ3n) is 3.25. The van der Waals surface area contributed by atoms with E-state index < -0.39 is 29.9 Å². The summed E-state index contributed by atoms with van der Waals surface area (Å²) in [5.41, 5.74) is 0. The summed E-state index contributed by atoms with van der Waals surface area (Å²) < 4.78 is 4.90. The molecule has 3 N–H and O–H groups in total. The molecule has 0 spiro atoms. The maximum absolute atomic E-state index is 12.0. The average Bonchev–Trinajstić information content (AvgIpc) is 3.07. The summed E-state index contributed by atoms with van der Waals surface area (Å²) >= 11 is 0. The highest BCUT2D eigenvalue weighted by molar-refractivity contribution is 5.91. The van der Waals surface area contributed by atoms with Crippen LogP contribution in [0.1, 0.15) is 23.4 Å². The van der Waals surface area contributed by atoms with Crippen LogP contribution in [-0.2, 0) is 9.59 Å². The SMILES string of the molecule is O=C(NCCC(=O)N1C[C@H](O)C[C@H]1C(=O)O)c1ccco1. The lowest BCUT2D eigenvalue weighted by Crippen LogP contribution is -2.41. The smallest absolute Gasteiger partial charge is 0.326 e. The molecule has 1 aromatic rings. The molecule has 0 bridgehead atoms. The Kier molecular flexibility index (Phi) is 4.59. The summed E-state index contributed by atoms with van der Waals surface area (Å²) in [6.45, 7) is 0.0687. The average molecular weight is 296 g/mol. The fraction of sp³-hybridized carbons (Fsp3) is 0.462. The molecule has 1 saturated heterocycles. The molecule has 1 aliphatic heterocycles. The third kappa shape index (κ3) is 3.60. The maximum atomic E-state index is 12.0. The van der Waals surface area contributed by atoms with Crippen LogP contribution < -0.4 is 5.32 Å². The summed E-state index contributed by atoms with van der Waals surface area (Å²) in [5, 5.41) is 21.0. The van der Waals surface area contributed by atoms with Gasteiger partial charge in [0.05, 0.1) is 12.4 Å². The second-order valence-corrected chi connectivity index (χ2v) is 4.77. The molecule has 0 unspecified atom stereocenters. The first-order valence-corrected chi connectivity index (χ1v) is 6.51. The number of rotatable bonds is 5. The molecule has 114 valence electrons. The van der Waals surface area contributed by atoms with Crippen LogP contribution in [0.5, 0.6) is 0 Å². The van der Waals surface area contributed by atoms with Gasteiger partial charge < -0.3 is 24.8 Å². The normalized spacial score (nSPS) is 21.3. The van der Waals surface area contributed by atoms with E-state index in [1.807, 2.05) is 0 Å². The lowest BCUT2D eigenvalue weighted by atomic mass is 10.2. The molecule has 8 heteroatoms. The minimum absolute atomic E-state index is 0.00191. The quantitative estimate of drug-likeness (QED) is 0.670. The maximum Gasteiger partial charge on any atom is 0.326 e. The van der Waals surface area contributed by atoms with Crippen molar-refractivity contribution in [1.29, 1.82) is 0 Å². The van der Waals surface area contributed by atoms with Gasteiger partial charge in [0.25, 0.3) is 5.91 Å². The minimum Gasteiger partial charge on any atom is -0.480 e. The monoisotopic (exact) mass is 296 g/mol. The van der Waals surface area contributed by atoms with Crippen molar-refractivity contribution >= 4 is 17.8 Å². The Morgan fingerprint density at radius 3 is 2.81 bits per heavy atom. The Morgan fingerprint density at radius 2 is 2.19 bits per heavy atom. The zero-order chi connectivity index (χ0) is 15.4. The van der Waals surface area contributed by atoms with Crippen molar-refractivity contribution in [3.05, 3.63) is 24.2 Å². The number of amides is 2. The highest BCUT2D eigenvalue weighted by Gasteiger charge is 2.38. The number of nitrogens with one attached hydrogen (secondary N) is 1. The molecule has 2 heterocycles. The molecule has 1 aliphatic rings. The van der Waals surface area contributed by atoms with Crippen molar-refractivity contribution in [3.8, 4) is 0 Å². The lowest BCUT2D eigenvalue weighted by molar-refractivity contribution is -0.148. The molecule has 21 heavy (non-hydrogen) atoms. The number of aliphatic hydroxyl groups excluding tert-OH is 1. The van der Waals surface area contributed by atoms with Gasteiger partial charge in [0.15, 0.2) is 5.76 Å². The van der Waals surface area contributed by atoms with Crippen molar-refractivity contribution in [2.24, 2.45) is 0 Å². The van der Waals surface area contributed by atoms with E-state index >= 15 is 0 Å². The summed E-state index contributed by atoms with van der Waals surface area (Å²) in [6, 6.07) is 2.06. The van der Waals surface area contributed by atoms with Crippen molar-refractivity contribution < 1.29 is 29.0 Å². The number of carboxylic acid groups (broad SMARTS) is 1. The van der Waals surface area contributed by atoms with Crippen LogP contribution in [0.25, 0.3) is 0 Å². The van der Waals surface area contributed by atoms with Gasteiger partial charge in [-0.3, -0.25) is 9.59 Å². The lowest BCUT2D eigenvalue weighted by Gasteiger charge is -2.21. The number of likely N-dealkylation sites (tertiary alicyclic amines) is 1. The molecule has 0 aliphatic carbocycles. The van der Waals surface area contributed by atoms with E-state index in [-0.39, 0.29) is 31.7 Å². The number of carbonyl (C=O) groups excluding carboxylic acids is 2. The molecule has 1 fully saturated rings. The second-order valence-electron chi connectivity index (χ2n) is 4.77. The first-order valence-electron chi connectivity index (χ1n) is 6.51. The van der Waals surface area contributed by atoms with Gasteiger partial charge >= 0.3 is 5.97 Å². The van der Waals surface area contributed by atoms with Crippen LogP contribution in [0.15, 0.2) is 22.8 Å². The van der Waals surface area contributed by atoms with Gasteiger partial charge in [-0.05, 0) is 12.1 Å². The molecule has 1 aromatic heterocycles. The molecule has 0 saturated carbocycles. The van der Waals surface area contributed by atoms with Crippen LogP contribution in [0.3, 0.4) is 0 Å². The zero-order valence-corrected chi connectivity index (χ0v) is 11.2. The highest BCUT2D eigenvalue weighted by atomic mass is 16.4. The highest BCUT2D eigenvalue weighted by Crippen LogP contribution is 2.18. The van der Waals surface area contributed by atoms with E-state index in [1.54, 1.807) is 6.07 Å². The number of nitrogens with zero attached hydrogens (tertiary/aromatic N) is 1. The largest absolute Gasteiger partial charge is 0.480 e. The van der Waals surface area contributed by atoms with Gasteiger partial charge in [0.2, 0.25) is 5.91 Å². The van der Waals surface area contributed by atoms with E-state index in [9.17, 15) is 19.5 Å². The van der Waals surface area contributed by atoms with Crippen molar-refractivity contribution in [2.75, 3.05) is 13.1 Å². The minimum atomic E-state index is -1.14. The van der Waals surface area contributed by atoms with E-state index in [2.05, 4.69) is 5.32 Å². The van der Waals surface area contributed by atoms with Gasteiger partial charge in [0.1, 0.15) is 6.04 Å². The van der Waals surface area contributed by atoms with Gasteiger partial charge in [-0.1, -0.05) is 0 Å². The number of furan rings is 1. The first kappa shape index (κ1) is 15.0. The molecule has 0 aromatic carbocycles. The van der Waals surface area contributed by atoms with E-state index in [1.165, 1.54) is 12.3 Å². The predicted molar refractivity (Wildman–Crippen MR) is 69.4 cm³/mol. The van der Waals surface area contributed by atoms with Crippen LogP contribution in [0, 0.1) is 0 Å². The Bertz CT molecular complexity index is 527. The van der Waals surface area contributed by atoms with Crippen LogP contribution >= 0.6 is 0 Å². The number of β-amino-alcohol motifs (C(OH)–C–C–N with tert-alkyl or cyclic N) is 1. The Labute approximate surface area is 120 Å². The summed E-state index contributed by atoms with van der Waals surface area (Å²) in [4.78, 5) is 35.7. The molecular weight excluding hydrogens is 280 g/mol. The fourth-order valence-electron chi connectivity index (χ4n) is 2.24. The molecule has 8 nitrogen and oxygen atoms in total. The molecule has 2 atom stereocenters. The van der Waals surface area contributed by atoms with Crippen LogP contribution in [0.4, 0.5) is 0 Å². The topological polar surface area (TPSA) is 120 Å². The van der Waals surface area contributed by atoms with Crippen LogP contribution in [0.2, 0.25) is 0 Å². The number of carbonyl (C=O) groups is 3. The van der Waals surface area contributed by atoms with Gasteiger partial charge in [-0.2, -0.15) is 0 Å². The molecule has 0 radical (unpaired) electrons. The Hall–Kier alpha value is -2.35. The van der Waals surface area contributed by atoms with Crippen LogP contribution in [-0.4, -0.2) is 58.1 Å². The summed E-state index contributed by atoms with van der Waals surface area (Å²) in [6.07, 6.45) is 0.527. The standard InChI is InChI=1S/C13H16N2O6/c16-8-6-9(13(19)20)15(7-8)11(17)3-4-14-12(18)10-2-1-5-21-10/h1-2,5,8-9,16H,3-4,6-7H2,(H,14,18)(H,19,20)/t8-,9+/m1/s1. The molecular formula is C13H16N2O6. The van der Waals surface area contributed by atoms with Gasteiger partial charge in [-0.15, -0.1) is 0 Å². The predicted octanol–water partition coefficient (Wildman–Crippen LogP) is -0.554. The Morgan fingerprint density at radius 1 is 1.43 bits per heavy atom. The second kappa shape index (κ2) is 6.40. The number of carboxylic acids is 1. The van der Waals surface area contributed by atoms with E-state index in [0.29, 0.717) is 0 Å². The van der Waals surface area contributed by atoms with Crippen molar-refractivity contribution in [1.82, 2.24) is 10.2 Å². The van der Waals surface area contributed by atoms with Gasteiger partial charge in [-0.25, -0.2) is 4.79 Å². The molecule has 2 amide bonds. The fourth-order valence-corrected chi connectivity index (χ4v) is 2.24. The Balaban J connectivity index is 1.81. The third-order valence-corrected chi connectivity index (χ3v) is 3.25. The van der Waals surface area contributed by atoms with Crippen molar-refractivity contribution in [3.63, 3.8) is 0 Å². The zero-order valence-electron chi connectivity index (χ0n) is 11.2. The van der Waals surface area contributed by atoms with Gasteiger partial charge in [0, 0.05) is 25.9 Å². The first-order chi connectivity index (χ1) is 9.99. The number of aliphatic carboxylic acids is 1. The number of aliphatic hydroxyl groups is 1. The summed E-state index contributed by atoms with van der Waals surface area (Å²) in [5.74, 6) is -1.86. The number of hydrogen-bond acceptors (Lipinski definition) is 5. The van der Waals surface area contributed by atoms with E-state index in [0.717, 1.165) is 4.90 Å². The summed E-state index contributed by atoms with van der Waals surface area (Å²) in [7, 11) is 0. The number of hydrogen-bond donors (Lipinski definition) is 3. The van der Waals surface area contributed by atoms with Crippen molar-refractivity contribution in [2.45, 2.75) is 25.0 Å².